The Bertz CT molecular complexity index is 1170. The second kappa shape index (κ2) is 8.50. The van der Waals surface area contributed by atoms with E-state index in [9.17, 15) is 28.2 Å². The van der Waals surface area contributed by atoms with Crippen LogP contribution in [0.5, 0.6) is 11.5 Å². The lowest BCUT2D eigenvalue weighted by atomic mass is 9.70. The van der Waals surface area contributed by atoms with Gasteiger partial charge < -0.3 is 19.8 Å². The third-order valence-corrected chi connectivity index (χ3v) is 8.77. The number of alkyl halides is 3. The molecule has 0 heterocycles. The van der Waals surface area contributed by atoms with Crippen LogP contribution in [0.1, 0.15) is 61.5 Å². The van der Waals surface area contributed by atoms with Gasteiger partial charge in [0.1, 0.15) is 23.2 Å². The summed E-state index contributed by atoms with van der Waals surface area (Å²) in [6.45, 7) is 6.48. The molecule has 2 aromatic carbocycles. The molecule has 4 rings (SSSR count). The van der Waals surface area contributed by atoms with Crippen molar-refractivity contribution in [3.05, 3.63) is 52.0 Å². The Morgan fingerprint density at radius 2 is 1.89 bits per heavy atom. The Hall–Kier alpha value is -2.61. The maximum atomic E-state index is 13.1. The summed E-state index contributed by atoms with van der Waals surface area (Å²) >= 11 is 5.80. The number of fused-ring (bicyclic) bond motifs is 2. The van der Waals surface area contributed by atoms with Gasteiger partial charge in [-0.15, -0.1) is 0 Å². The van der Waals surface area contributed by atoms with Gasteiger partial charge in [-0.2, -0.15) is 13.2 Å². The van der Waals surface area contributed by atoms with Crippen molar-refractivity contribution in [3.63, 3.8) is 0 Å². The van der Waals surface area contributed by atoms with E-state index in [-0.39, 0.29) is 40.4 Å². The number of phenols is 2. The Labute approximate surface area is 207 Å². The summed E-state index contributed by atoms with van der Waals surface area (Å²) in [6.07, 6.45) is -1.92. The van der Waals surface area contributed by atoms with Gasteiger partial charge in [0.05, 0.1) is 10.6 Å². The number of aromatic hydroxyl groups is 2. The summed E-state index contributed by atoms with van der Waals surface area (Å²) in [6, 6.07) is 5.85. The van der Waals surface area contributed by atoms with E-state index < -0.39 is 28.5 Å². The van der Waals surface area contributed by atoms with Gasteiger partial charge in [-0.25, -0.2) is 4.79 Å². The summed E-state index contributed by atoms with van der Waals surface area (Å²) in [4.78, 5) is 14.4. The van der Waals surface area contributed by atoms with E-state index in [0.29, 0.717) is 17.7 Å². The topological polar surface area (TPSA) is 70.0 Å². The van der Waals surface area contributed by atoms with Crippen LogP contribution >= 0.6 is 11.6 Å². The van der Waals surface area contributed by atoms with Crippen LogP contribution in [0.4, 0.5) is 18.9 Å². The van der Waals surface area contributed by atoms with Crippen LogP contribution in [0, 0.1) is 16.7 Å². The van der Waals surface area contributed by atoms with Crippen LogP contribution < -0.4 is 4.90 Å². The van der Waals surface area contributed by atoms with E-state index in [1.54, 1.807) is 13.1 Å². The van der Waals surface area contributed by atoms with E-state index in [0.717, 1.165) is 25.3 Å². The van der Waals surface area contributed by atoms with E-state index in [1.165, 1.54) is 17.0 Å². The SMILES string of the molecule is CN(Cc1cc(C(F)(F)F)cc(Cl)c1O)c1ccc(C(=O)OC2CC3CCC2(C)C3(C)C)c(O)c1. The zero-order valence-electron chi connectivity index (χ0n) is 20.0. The molecule has 0 aromatic heterocycles. The molecule has 2 N–H and O–H groups in total. The van der Waals surface area contributed by atoms with Crippen LogP contribution in [0.15, 0.2) is 30.3 Å². The monoisotopic (exact) mass is 511 g/mol. The first-order valence-corrected chi connectivity index (χ1v) is 11.9. The van der Waals surface area contributed by atoms with Crippen LogP contribution in [0.25, 0.3) is 0 Å². The van der Waals surface area contributed by atoms with Gasteiger partial charge in [-0.05, 0) is 54.9 Å². The third-order valence-electron chi connectivity index (χ3n) is 8.48. The van der Waals surface area contributed by atoms with Crippen LogP contribution in [0.3, 0.4) is 0 Å². The molecule has 0 saturated heterocycles. The van der Waals surface area contributed by atoms with Crippen molar-refractivity contribution in [1.82, 2.24) is 0 Å². The second-order valence-electron chi connectivity index (χ2n) is 10.5. The van der Waals surface area contributed by atoms with Crippen LogP contribution in [0.2, 0.25) is 5.02 Å². The van der Waals surface area contributed by atoms with E-state index in [4.69, 9.17) is 16.3 Å². The van der Waals surface area contributed by atoms with Crippen LogP contribution in [-0.4, -0.2) is 29.3 Å². The van der Waals surface area contributed by atoms with Crippen molar-refractivity contribution in [3.8, 4) is 11.5 Å². The second-order valence-corrected chi connectivity index (χ2v) is 10.9. The Balaban J connectivity index is 1.50. The molecule has 2 aliphatic rings. The largest absolute Gasteiger partial charge is 0.507 e. The maximum Gasteiger partial charge on any atom is 0.416 e. The summed E-state index contributed by atoms with van der Waals surface area (Å²) in [5.74, 6) is -0.847. The molecule has 2 aromatic rings. The van der Waals surface area contributed by atoms with Crippen LogP contribution in [-0.2, 0) is 17.5 Å². The van der Waals surface area contributed by atoms with Gasteiger partial charge in [0.25, 0.3) is 0 Å². The van der Waals surface area contributed by atoms with Gasteiger partial charge in [0.15, 0.2) is 0 Å². The molecule has 35 heavy (non-hydrogen) atoms. The highest BCUT2D eigenvalue weighted by molar-refractivity contribution is 6.32. The first kappa shape index (κ1) is 25.5. The van der Waals surface area contributed by atoms with Gasteiger partial charge >= 0.3 is 12.1 Å². The minimum Gasteiger partial charge on any atom is -0.507 e. The highest BCUT2D eigenvalue weighted by Gasteiger charge is 2.62. The van der Waals surface area contributed by atoms with Crippen molar-refractivity contribution in [1.29, 1.82) is 0 Å². The molecule has 0 amide bonds. The van der Waals surface area contributed by atoms with Gasteiger partial charge in [0, 0.05) is 36.3 Å². The predicted octanol–water partition coefficient (Wildman–Crippen LogP) is 6.78. The normalized spacial score (nSPS) is 25.0. The van der Waals surface area contributed by atoms with Gasteiger partial charge in [0.2, 0.25) is 0 Å². The van der Waals surface area contributed by atoms with Gasteiger partial charge in [-0.1, -0.05) is 32.4 Å². The summed E-state index contributed by atoms with van der Waals surface area (Å²) in [5, 5.41) is 20.3. The fourth-order valence-electron chi connectivity index (χ4n) is 5.72. The highest BCUT2D eigenvalue weighted by Crippen LogP contribution is 2.66. The number of nitrogens with zero attached hydrogens (tertiary/aromatic N) is 1. The van der Waals surface area contributed by atoms with E-state index in [2.05, 4.69) is 20.8 Å². The number of phenolic OH excluding ortho intramolecular Hbond substituents is 2. The summed E-state index contributed by atoms with van der Waals surface area (Å²) in [5.41, 5.74) is -0.581. The number of anilines is 1. The fraction of sp³-hybridized carbons (Fsp3) is 0.500. The number of carbonyl (C=O) groups excluding carboxylic acids is 1. The standard InChI is InChI=1S/C26H29ClF3NO4/c1-24(2)15-7-8-25(24,3)21(11-15)35-23(34)18-6-5-17(12-20(18)32)31(4)13-14-9-16(26(28,29)30)10-19(27)22(14)33/h5-6,9-10,12,15,21,32-33H,7-8,11,13H2,1-4H3. The molecule has 3 unspecified atom stereocenters. The number of esters is 1. The Kier molecular flexibility index (Phi) is 6.19. The molecule has 2 saturated carbocycles. The van der Waals surface area contributed by atoms with E-state index >= 15 is 0 Å². The predicted molar refractivity (Wildman–Crippen MR) is 127 cm³/mol. The van der Waals surface area contributed by atoms with E-state index in [1.807, 2.05) is 0 Å². The molecule has 2 bridgehead atoms. The lowest BCUT2D eigenvalue weighted by molar-refractivity contribution is -0.137. The Morgan fingerprint density at radius 1 is 1.20 bits per heavy atom. The Morgan fingerprint density at radius 3 is 2.43 bits per heavy atom. The smallest absolute Gasteiger partial charge is 0.416 e. The van der Waals surface area contributed by atoms with Crippen molar-refractivity contribution >= 4 is 23.3 Å². The number of hydrogen-bond donors (Lipinski definition) is 2. The fourth-order valence-corrected chi connectivity index (χ4v) is 5.96. The molecule has 2 fully saturated rings. The molecule has 9 heteroatoms. The number of rotatable bonds is 5. The third kappa shape index (κ3) is 4.30. The van der Waals surface area contributed by atoms with Crippen molar-refractivity contribution in [2.75, 3.05) is 11.9 Å². The molecule has 0 radical (unpaired) electrons. The molecule has 0 spiro atoms. The zero-order chi connectivity index (χ0) is 25.9. The average Bonchev–Trinajstić information content (AvgIpc) is 3.09. The first-order chi connectivity index (χ1) is 16.1. The quantitative estimate of drug-likeness (QED) is 0.433. The molecule has 190 valence electrons. The molecule has 3 atom stereocenters. The van der Waals surface area contributed by atoms with Crippen molar-refractivity contribution < 1.29 is 32.9 Å². The molecule has 2 aliphatic carbocycles. The highest BCUT2D eigenvalue weighted by atomic mass is 35.5. The molecular weight excluding hydrogens is 483 g/mol. The summed E-state index contributed by atoms with van der Waals surface area (Å²) < 4.78 is 45.3. The number of hydrogen-bond acceptors (Lipinski definition) is 5. The summed E-state index contributed by atoms with van der Waals surface area (Å²) in [7, 11) is 1.58. The average molecular weight is 512 g/mol. The lowest BCUT2D eigenvalue weighted by Crippen LogP contribution is -2.38. The number of carbonyl (C=O) groups is 1. The zero-order valence-corrected chi connectivity index (χ0v) is 20.8. The van der Waals surface area contributed by atoms with Gasteiger partial charge in [-0.3, -0.25) is 0 Å². The minimum atomic E-state index is -4.62. The molecular formula is C26H29ClF3NO4. The maximum absolute atomic E-state index is 13.1. The number of benzene rings is 2. The van der Waals surface area contributed by atoms with Crippen molar-refractivity contribution in [2.45, 2.75) is 58.9 Å². The van der Waals surface area contributed by atoms with Crippen molar-refractivity contribution in [2.24, 2.45) is 16.7 Å². The minimum absolute atomic E-state index is 0.0243. The molecule has 5 nitrogen and oxygen atoms in total. The number of halogens is 4. The number of ether oxygens (including phenoxy) is 1. The first-order valence-electron chi connectivity index (χ1n) is 11.5. The molecule has 0 aliphatic heterocycles. The lowest BCUT2D eigenvalue weighted by Gasteiger charge is -2.38.